The molecule has 148 valence electrons. The van der Waals surface area contributed by atoms with Crippen LogP contribution in [-0.2, 0) is 9.59 Å². The Hall–Kier alpha value is -2.35. The van der Waals surface area contributed by atoms with E-state index in [9.17, 15) is 9.59 Å². The fourth-order valence-electron chi connectivity index (χ4n) is 2.61. The van der Waals surface area contributed by atoms with Crippen LogP contribution in [0.2, 0.25) is 5.02 Å². The van der Waals surface area contributed by atoms with Gasteiger partial charge >= 0.3 is 0 Å². The van der Waals surface area contributed by atoms with Crippen molar-refractivity contribution in [2.24, 2.45) is 5.92 Å². The zero-order valence-corrected chi connectivity index (χ0v) is 17.7. The molecule has 1 aromatic heterocycles. The van der Waals surface area contributed by atoms with Crippen LogP contribution in [0.5, 0.6) is 0 Å². The van der Waals surface area contributed by atoms with Crippen molar-refractivity contribution in [1.82, 2.24) is 4.98 Å². The molecule has 3 aromatic rings. The van der Waals surface area contributed by atoms with Crippen LogP contribution in [-0.4, -0.2) is 22.6 Å². The third-order valence-electron chi connectivity index (χ3n) is 4.33. The normalized spacial score (nSPS) is 13.1. The molecular formula is C21H18ClN3O2S2. The standard InChI is InChI=1S/C21H18ClN3O2S2/c22-15-5-3-13(4-6-15)18-11-29-21(24-18)25-19(26)12-28-17-9-7-16(8-10-17)23-20(27)14-1-2-14/h3-11,14H,1-2,12H2,(H,23,27)(H,24,25,26). The molecule has 1 fully saturated rings. The van der Waals surface area contributed by atoms with Gasteiger partial charge in [-0.3, -0.25) is 9.59 Å². The van der Waals surface area contributed by atoms with E-state index in [1.807, 2.05) is 53.9 Å². The number of halogens is 1. The van der Waals surface area contributed by atoms with Gasteiger partial charge in [0.2, 0.25) is 11.8 Å². The maximum atomic E-state index is 12.2. The van der Waals surface area contributed by atoms with E-state index in [2.05, 4.69) is 15.6 Å². The van der Waals surface area contributed by atoms with Crippen LogP contribution >= 0.6 is 34.7 Å². The quantitative estimate of drug-likeness (QED) is 0.470. The molecule has 29 heavy (non-hydrogen) atoms. The zero-order valence-electron chi connectivity index (χ0n) is 15.4. The average molecular weight is 444 g/mol. The first kappa shape index (κ1) is 19.9. The third-order valence-corrected chi connectivity index (χ3v) is 6.35. The van der Waals surface area contributed by atoms with E-state index in [-0.39, 0.29) is 23.5 Å². The highest BCUT2D eigenvalue weighted by Gasteiger charge is 2.29. The molecule has 0 atom stereocenters. The first-order chi connectivity index (χ1) is 14.1. The van der Waals surface area contributed by atoms with E-state index in [4.69, 9.17) is 11.6 Å². The lowest BCUT2D eigenvalue weighted by Crippen LogP contribution is -2.14. The van der Waals surface area contributed by atoms with E-state index < -0.39 is 0 Å². The van der Waals surface area contributed by atoms with Gasteiger partial charge in [-0.2, -0.15) is 0 Å². The number of nitrogens with one attached hydrogen (secondary N) is 2. The summed E-state index contributed by atoms with van der Waals surface area (Å²) < 4.78 is 0. The van der Waals surface area contributed by atoms with Crippen molar-refractivity contribution in [3.8, 4) is 11.3 Å². The number of benzene rings is 2. The first-order valence-corrected chi connectivity index (χ1v) is 11.4. The summed E-state index contributed by atoms with van der Waals surface area (Å²) in [7, 11) is 0. The second-order valence-electron chi connectivity index (χ2n) is 6.67. The number of carbonyl (C=O) groups excluding carboxylic acids is 2. The SMILES string of the molecule is O=C(CSc1ccc(NC(=O)C2CC2)cc1)Nc1nc(-c2ccc(Cl)cc2)cs1. The third kappa shape index (κ3) is 5.59. The van der Waals surface area contributed by atoms with E-state index >= 15 is 0 Å². The number of hydrogen-bond acceptors (Lipinski definition) is 5. The van der Waals surface area contributed by atoms with Crippen LogP contribution in [0.15, 0.2) is 58.8 Å². The Morgan fingerprint density at radius 1 is 1.07 bits per heavy atom. The summed E-state index contributed by atoms with van der Waals surface area (Å²) in [4.78, 5) is 29.4. The van der Waals surface area contributed by atoms with Gasteiger partial charge in [0.1, 0.15) is 0 Å². The summed E-state index contributed by atoms with van der Waals surface area (Å²) in [5.41, 5.74) is 2.54. The average Bonchev–Trinajstić information content (AvgIpc) is 3.48. The minimum atomic E-state index is -0.113. The Morgan fingerprint density at radius 3 is 2.48 bits per heavy atom. The molecule has 0 bridgehead atoms. The number of hydrogen-bond donors (Lipinski definition) is 2. The van der Waals surface area contributed by atoms with Gasteiger partial charge in [0, 0.05) is 32.5 Å². The number of rotatable bonds is 7. The van der Waals surface area contributed by atoms with Crippen molar-refractivity contribution in [1.29, 1.82) is 0 Å². The first-order valence-electron chi connectivity index (χ1n) is 9.12. The predicted molar refractivity (Wildman–Crippen MR) is 120 cm³/mol. The van der Waals surface area contributed by atoms with Crippen LogP contribution in [0.4, 0.5) is 10.8 Å². The fourth-order valence-corrected chi connectivity index (χ4v) is 4.17. The molecule has 0 unspecified atom stereocenters. The van der Waals surface area contributed by atoms with Crippen LogP contribution in [0.25, 0.3) is 11.3 Å². The minimum absolute atomic E-state index is 0.0891. The van der Waals surface area contributed by atoms with Crippen LogP contribution in [0.3, 0.4) is 0 Å². The number of amides is 2. The van der Waals surface area contributed by atoms with Crippen LogP contribution in [0, 0.1) is 5.92 Å². The maximum Gasteiger partial charge on any atom is 0.236 e. The van der Waals surface area contributed by atoms with Crippen molar-refractivity contribution in [2.45, 2.75) is 17.7 Å². The number of aromatic nitrogens is 1. The summed E-state index contributed by atoms with van der Waals surface area (Å²) >= 11 is 8.73. The number of thioether (sulfide) groups is 1. The molecule has 2 aromatic carbocycles. The Bertz CT molecular complexity index is 1020. The second kappa shape index (κ2) is 8.98. The number of anilines is 2. The molecular weight excluding hydrogens is 426 g/mol. The predicted octanol–water partition coefficient (Wildman–Crippen LogP) is 5.54. The monoisotopic (exact) mass is 443 g/mol. The zero-order chi connectivity index (χ0) is 20.2. The van der Waals surface area contributed by atoms with Crippen molar-refractivity contribution < 1.29 is 9.59 Å². The van der Waals surface area contributed by atoms with Crippen molar-refractivity contribution in [3.05, 3.63) is 58.9 Å². The molecule has 1 aliphatic carbocycles. The highest BCUT2D eigenvalue weighted by molar-refractivity contribution is 8.00. The van der Waals surface area contributed by atoms with Gasteiger partial charge in [-0.15, -0.1) is 23.1 Å². The molecule has 1 heterocycles. The lowest BCUT2D eigenvalue weighted by atomic mass is 10.2. The molecule has 0 spiro atoms. The minimum Gasteiger partial charge on any atom is -0.326 e. The van der Waals surface area contributed by atoms with E-state index in [1.54, 1.807) is 0 Å². The molecule has 0 saturated heterocycles. The number of carbonyl (C=O) groups is 2. The molecule has 2 amide bonds. The molecule has 1 saturated carbocycles. The lowest BCUT2D eigenvalue weighted by molar-refractivity contribution is -0.117. The topological polar surface area (TPSA) is 71.1 Å². The summed E-state index contributed by atoms with van der Waals surface area (Å²) in [5, 5.41) is 8.89. The number of thiazole rings is 1. The fraction of sp³-hybridized carbons (Fsp3) is 0.190. The van der Waals surface area contributed by atoms with E-state index in [1.165, 1.54) is 23.1 Å². The van der Waals surface area contributed by atoms with Crippen LogP contribution in [0.1, 0.15) is 12.8 Å². The second-order valence-corrected chi connectivity index (χ2v) is 9.01. The van der Waals surface area contributed by atoms with Crippen molar-refractivity contribution >= 4 is 57.3 Å². The Kier molecular flexibility index (Phi) is 6.18. The number of nitrogens with zero attached hydrogens (tertiary/aromatic N) is 1. The molecule has 8 heteroatoms. The van der Waals surface area contributed by atoms with Crippen LogP contribution < -0.4 is 10.6 Å². The van der Waals surface area contributed by atoms with E-state index in [0.29, 0.717) is 10.2 Å². The maximum absolute atomic E-state index is 12.2. The van der Waals surface area contributed by atoms with Gasteiger partial charge in [-0.05, 0) is 49.2 Å². The molecule has 0 radical (unpaired) electrons. The van der Waals surface area contributed by atoms with Gasteiger partial charge in [0.25, 0.3) is 0 Å². The highest BCUT2D eigenvalue weighted by Crippen LogP contribution is 2.30. The summed E-state index contributed by atoms with van der Waals surface area (Å²) in [6, 6.07) is 15.0. The lowest BCUT2D eigenvalue weighted by Gasteiger charge is -2.06. The largest absolute Gasteiger partial charge is 0.326 e. The molecule has 0 aliphatic heterocycles. The van der Waals surface area contributed by atoms with Gasteiger partial charge < -0.3 is 10.6 Å². The highest BCUT2D eigenvalue weighted by atomic mass is 35.5. The summed E-state index contributed by atoms with van der Waals surface area (Å²) in [5.74, 6) is 0.437. The van der Waals surface area contributed by atoms with Gasteiger partial charge in [0.05, 0.1) is 11.4 Å². The van der Waals surface area contributed by atoms with Gasteiger partial charge in [0.15, 0.2) is 5.13 Å². The molecule has 2 N–H and O–H groups in total. The summed E-state index contributed by atoms with van der Waals surface area (Å²) in [6.45, 7) is 0. The Balaban J connectivity index is 1.26. The molecule has 5 nitrogen and oxygen atoms in total. The molecule has 4 rings (SSSR count). The Morgan fingerprint density at radius 2 is 1.79 bits per heavy atom. The van der Waals surface area contributed by atoms with Crippen molar-refractivity contribution in [2.75, 3.05) is 16.4 Å². The summed E-state index contributed by atoms with van der Waals surface area (Å²) in [6.07, 6.45) is 1.96. The van der Waals surface area contributed by atoms with Gasteiger partial charge in [-0.1, -0.05) is 23.7 Å². The van der Waals surface area contributed by atoms with E-state index in [0.717, 1.165) is 34.7 Å². The smallest absolute Gasteiger partial charge is 0.236 e. The Labute approximate surface area is 181 Å². The van der Waals surface area contributed by atoms with Gasteiger partial charge in [-0.25, -0.2) is 4.98 Å². The molecule has 1 aliphatic rings. The van der Waals surface area contributed by atoms with Crippen molar-refractivity contribution in [3.63, 3.8) is 0 Å².